The molecule has 0 unspecified atom stereocenters. The number of unbranched alkanes of at least 4 members (excludes halogenated alkanes) is 3. The van der Waals surface area contributed by atoms with Crippen LogP contribution in [0.4, 0.5) is 4.79 Å². The van der Waals surface area contributed by atoms with Crippen LogP contribution in [0.5, 0.6) is 17.2 Å². The van der Waals surface area contributed by atoms with Gasteiger partial charge in [-0.25, -0.2) is 9.59 Å². The molecular formula is C34H48N4O8. The maximum atomic E-state index is 13.2. The fraction of sp³-hybridized carbons (Fsp3) is 0.471. The van der Waals surface area contributed by atoms with Crippen LogP contribution in [0.2, 0.25) is 0 Å². The summed E-state index contributed by atoms with van der Waals surface area (Å²) in [6.07, 6.45) is 7.71. The van der Waals surface area contributed by atoms with Crippen LogP contribution in [-0.4, -0.2) is 59.8 Å². The van der Waals surface area contributed by atoms with Gasteiger partial charge in [0.1, 0.15) is 17.8 Å². The summed E-state index contributed by atoms with van der Waals surface area (Å²) >= 11 is 0. The van der Waals surface area contributed by atoms with E-state index in [0.29, 0.717) is 37.3 Å². The second-order valence-electron chi connectivity index (χ2n) is 11.3. The van der Waals surface area contributed by atoms with E-state index in [1.807, 2.05) is 0 Å². The number of nitrogens with two attached hydrogens (primary N) is 1. The minimum absolute atomic E-state index is 0.000763. The molecule has 2 atom stereocenters. The smallest absolute Gasteiger partial charge is 0.413 e. The number of allylic oxidation sites excluding steroid dienone is 2. The van der Waals surface area contributed by atoms with E-state index < -0.39 is 30.1 Å². The lowest BCUT2D eigenvalue weighted by atomic mass is 10.0. The number of nitrogens with one attached hydrogen (secondary N) is 3. The number of hydrogen-bond donors (Lipinski definition) is 6. The number of carboxylic acid groups (broad SMARTS) is 1. The van der Waals surface area contributed by atoms with Crippen LogP contribution in [0.15, 0.2) is 54.6 Å². The highest BCUT2D eigenvalue weighted by atomic mass is 16.6. The highest BCUT2D eigenvalue weighted by molar-refractivity contribution is 5.89. The van der Waals surface area contributed by atoms with Gasteiger partial charge in [-0.15, -0.1) is 0 Å². The number of benzene rings is 2. The first-order valence-corrected chi connectivity index (χ1v) is 15.6. The van der Waals surface area contributed by atoms with Gasteiger partial charge in [0.15, 0.2) is 11.5 Å². The fourth-order valence-electron chi connectivity index (χ4n) is 4.48. The molecule has 2 aromatic carbocycles. The molecule has 0 aromatic heterocycles. The summed E-state index contributed by atoms with van der Waals surface area (Å²) in [5.74, 6) is -1.11. The number of carbonyl (C=O) groups excluding carboxylic acids is 3. The number of phenolic OH excluding ortho intramolecular Hbond substituents is 1. The summed E-state index contributed by atoms with van der Waals surface area (Å²) in [6, 6.07) is 8.54. The average molecular weight is 641 g/mol. The third-order valence-electron chi connectivity index (χ3n) is 7.01. The van der Waals surface area contributed by atoms with Gasteiger partial charge in [-0.2, -0.15) is 0 Å². The molecule has 0 spiro atoms. The minimum Gasteiger partial charge on any atom is -0.508 e. The van der Waals surface area contributed by atoms with Gasteiger partial charge < -0.3 is 41.4 Å². The zero-order valence-electron chi connectivity index (χ0n) is 26.9. The Morgan fingerprint density at radius 1 is 0.913 bits per heavy atom. The molecule has 2 aromatic rings. The van der Waals surface area contributed by atoms with Gasteiger partial charge in [-0.3, -0.25) is 9.59 Å². The van der Waals surface area contributed by atoms with Gasteiger partial charge in [0.2, 0.25) is 11.8 Å². The first-order valence-electron chi connectivity index (χ1n) is 15.6. The van der Waals surface area contributed by atoms with E-state index in [1.54, 1.807) is 24.3 Å². The molecule has 0 radical (unpaired) electrons. The van der Waals surface area contributed by atoms with Crippen molar-refractivity contribution in [2.75, 3.05) is 13.7 Å². The molecule has 0 bridgehead atoms. The normalized spacial score (nSPS) is 12.4. The first-order chi connectivity index (χ1) is 22.0. The summed E-state index contributed by atoms with van der Waals surface area (Å²) in [6.45, 7) is 4.90. The average Bonchev–Trinajstić information content (AvgIpc) is 3.02. The predicted octanol–water partition coefficient (Wildman–Crippen LogP) is 4.19. The van der Waals surface area contributed by atoms with Crippen LogP contribution < -0.4 is 31.2 Å². The molecule has 0 heterocycles. The van der Waals surface area contributed by atoms with Gasteiger partial charge in [-0.05, 0) is 86.4 Å². The van der Waals surface area contributed by atoms with Crippen LogP contribution in [0, 0.1) is 5.92 Å². The Hall–Kier alpha value is -4.58. The SMILES string of the molecule is COc1cc(CNC(=O)CCCC/C=C/C(C)C)ccc1OC(=O)N[C@@H](Cc1ccc(O)cc1)C(=O)N[C@@H](CCCCN)C(=O)O. The van der Waals surface area contributed by atoms with Crippen molar-refractivity contribution in [3.05, 3.63) is 65.7 Å². The van der Waals surface area contributed by atoms with E-state index in [4.69, 9.17) is 15.2 Å². The molecule has 0 fully saturated rings. The Kier molecular flexibility index (Phi) is 16.7. The summed E-state index contributed by atoms with van der Waals surface area (Å²) < 4.78 is 10.9. The fourth-order valence-corrected chi connectivity index (χ4v) is 4.48. The van der Waals surface area contributed by atoms with Crippen molar-refractivity contribution in [3.63, 3.8) is 0 Å². The molecule has 2 rings (SSSR count). The Morgan fingerprint density at radius 3 is 2.28 bits per heavy atom. The third kappa shape index (κ3) is 14.5. The lowest BCUT2D eigenvalue weighted by molar-refractivity contribution is -0.142. The molecule has 7 N–H and O–H groups in total. The molecular weight excluding hydrogens is 592 g/mol. The van der Waals surface area contributed by atoms with Gasteiger partial charge in [0.25, 0.3) is 0 Å². The van der Waals surface area contributed by atoms with Gasteiger partial charge in [0, 0.05) is 19.4 Å². The first kappa shape index (κ1) is 37.6. The quantitative estimate of drug-likeness (QED) is 0.0911. The monoisotopic (exact) mass is 640 g/mol. The second-order valence-corrected chi connectivity index (χ2v) is 11.3. The van der Waals surface area contributed by atoms with E-state index in [2.05, 4.69) is 41.9 Å². The number of ether oxygens (including phenoxy) is 2. The lowest BCUT2D eigenvalue weighted by Gasteiger charge is -2.22. The van der Waals surface area contributed by atoms with E-state index in [-0.39, 0.29) is 42.5 Å². The van der Waals surface area contributed by atoms with Crippen LogP contribution in [0.3, 0.4) is 0 Å². The molecule has 0 aliphatic rings. The molecule has 12 nitrogen and oxygen atoms in total. The number of rotatable bonds is 20. The largest absolute Gasteiger partial charge is 0.508 e. The van der Waals surface area contributed by atoms with Gasteiger partial charge in [-0.1, -0.05) is 44.2 Å². The van der Waals surface area contributed by atoms with Gasteiger partial charge >= 0.3 is 12.1 Å². The molecule has 0 aliphatic heterocycles. The zero-order valence-corrected chi connectivity index (χ0v) is 26.9. The number of phenols is 1. The standard InChI is InChI=1S/C34H48N4O8/c1-23(2)10-6-4-5-7-12-31(40)36-22-25-15-18-29(30(21-25)45-3)46-34(44)38-28(20-24-13-16-26(39)17-14-24)32(41)37-27(33(42)43)11-8-9-19-35/h6,10,13-18,21,23,27-28,39H,4-5,7-9,11-12,19-20,22,35H2,1-3H3,(H,36,40)(H,37,41)(H,38,44)(H,42,43)/b10-6+/t27-,28-/m0/s1. The van der Waals surface area contributed by atoms with Crippen LogP contribution in [0.1, 0.15) is 69.9 Å². The van der Waals surface area contributed by atoms with Crippen molar-refractivity contribution in [2.45, 2.75) is 83.8 Å². The van der Waals surface area contributed by atoms with Crippen molar-refractivity contribution < 1.29 is 38.9 Å². The van der Waals surface area contributed by atoms with E-state index in [9.17, 15) is 29.4 Å². The Balaban J connectivity index is 2.03. The maximum absolute atomic E-state index is 13.2. The van der Waals surface area contributed by atoms with E-state index in [1.165, 1.54) is 25.3 Å². The molecule has 0 aliphatic carbocycles. The summed E-state index contributed by atoms with van der Waals surface area (Å²) in [7, 11) is 1.41. The number of aromatic hydroxyl groups is 1. The van der Waals surface area contributed by atoms with Gasteiger partial charge in [0.05, 0.1) is 7.11 Å². The number of methoxy groups -OCH3 is 1. The van der Waals surface area contributed by atoms with Crippen molar-refractivity contribution in [2.24, 2.45) is 11.7 Å². The molecule has 0 saturated heterocycles. The van der Waals surface area contributed by atoms with Crippen LogP contribution in [-0.2, 0) is 27.3 Å². The molecule has 46 heavy (non-hydrogen) atoms. The summed E-state index contributed by atoms with van der Waals surface area (Å²) in [5, 5.41) is 27.1. The third-order valence-corrected chi connectivity index (χ3v) is 7.01. The van der Waals surface area contributed by atoms with Crippen molar-refractivity contribution >= 4 is 23.9 Å². The van der Waals surface area contributed by atoms with E-state index >= 15 is 0 Å². The Morgan fingerprint density at radius 2 is 1.63 bits per heavy atom. The van der Waals surface area contributed by atoms with Crippen LogP contribution in [0.25, 0.3) is 0 Å². The Labute approximate surface area is 270 Å². The molecule has 12 heteroatoms. The highest BCUT2D eigenvalue weighted by Crippen LogP contribution is 2.28. The number of amides is 3. The molecule has 3 amide bonds. The highest BCUT2D eigenvalue weighted by Gasteiger charge is 2.27. The minimum atomic E-state index is -1.20. The number of aliphatic carboxylic acids is 1. The van der Waals surface area contributed by atoms with Crippen molar-refractivity contribution in [1.82, 2.24) is 16.0 Å². The second kappa shape index (κ2) is 20.5. The Bertz CT molecular complexity index is 1300. The zero-order chi connectivity index (χ0) is 33.9. The number of carbonyl (C=O) groups is 4. The molecule has 252 valence electrons. The summed E-state index contributed by atoms with van der Waals surface area (Å²) in [5.41, 5.74) is 6.85. The molecule has 0 saturated carbocycles. The maximum Gasteiger partial charge on any atom is 0.413 e. The number of hydrogen-bond acceptors (Lipinski definition) is 8. The van der Waals surface area contributed by atoms with Crippen molar-refractivity contribution in [1.29, 1.82) is 0 Å². The number of carboxylic acids is 1. The van der Waals surface area contributed by atoms with Crippen molar-refractivity contribution in [3.8, 4) is 17.2 Å². The summed E-state index contributed by atoms with van der Waals surface area (Å²) in [4.78, 5) is 50.2. The van der Waals surface area contributed by atoms with Crippen LogP contribution >= 0.6 is 0 Å². The lowest BCUT2D eigenvalue weighted by Crippen LogP contribution is -2.53. The predicted molar refractivity (Wildman–Crippen MR) is 175 cm³/mol. The topological polar surface area (TPSA) is 189 Å². The van der Waals surface area contributed by atoms with E-state index in [0.717, 1.165) is 24.8 Å².